The maximum atomic E-state index is 13.5. The van der Waals surface area contributed by atoms with Gasteiger partial charge in [-0.25, -0.2) is 4.39 Å². The van der Waals surface area contributed by atoms with Gasteiger partial charge in [0.15, 0.2) is 4.77 Å². The van der Waals surface area contributed by atoms with Gasteiger partial charge in [0.1, 0.15) is 5.82 Å². The fourth-order valence-electron chi connectivity index (χ4n) is 2.26. The van der Waals surface area contributed by atoms with E-state index in [2.05, 4.69) is 4.98 Å². The molecule has 3 aromatic rings. The lowest BCUT2D eigenvalue weighted by Gasteiger charge is -2.13. The fourth-order valence-corrected chi connectivity index (χ4v) is 2.73. The number of fused-ring (bicyclic) bond motifs is 1. The quantitative estimate of drug-likeness (QED) is 0.700. The van der Waals surface area contributed by atoms with E-state index in [1.807, 2.05) is 47.8 Å². The normalized spacial score (nSPS) is 11.0. The molecule has 0 unspecified atom stereocenters. The highest BCUT2D eigenvalue weighted by atomic mass is 35.5. The summed E-state index contributed by atoms with van der Waals surface area (Å²) < 4.78 is 15.9. The van der Waals surface area contributed by atoms with Crippen LogP contribution in [0.2, 0.25) is 5.02 Å². The predicted molar refractivity (Wildman–Crippen MR) is 87.8 cm³/mol. The SMILES string of the molecule is CN(C)c1ccc(-n2c(=S)[nH]c3cc(F)c(Cl)cc32)cc1. The molecule has 0 radical (unpaired) electrons. The summed E-state index contributed by atoms with van der Waals surface area (Å²) in [6, 6.07) is 10.9. The molecule has 1 aromatic heterocycles. The highest BCUT2D eigenvalue weighted by Gasteiger charge is 2.10. The highest BCUT2D eigenvalue weighted by Crippen LogP contribution is 2.26. The van der Waals surface area contributed by atoms with Gasteiger partial charge in [0.05, 0.1) is 16.1 Å². The molecule has 6 heteroatoms. The smallest absolute Gasteiger partial charge is 0.182 e. The number of rotatable bonds is 2. The molecular formula is C15H13ClFN3S. The van der Waals surface area contributed by atoms with E-state index in [-0.39, 0.29) is 5.02 Å². The number of benzene rings is 2. The van der Waals surface area contributed by atoms with E-state index >= 15 is 0 Å². The van der Waals surface area contributed by atoms with Gasteiger partial charge >= 0.3 is 0 Å². The standard InChI is InChI=1S/C15H13ClFN3S/c1-19(2)9-3-5-10(6-4-9)20-14-7-11(16)12(17)8-13(14)18-15(20)21/h3-8H,1-2H3,(H,18,21). The zero-order valence-electron chi connectivity index (χ0n) is 11.5. The summed E-state index contributed by atoms with van der Waals surface area (Å²) in [7, 11) is 3.96. The molecule has 1 N–H and O–H groups in total. The third kappa shape index (κ3) is 2.43. The Labute approximate surface area is 131 Å². The minimum atomic E-state index is -0.462. The van der Waals surface area contributed by atoms with Gasteiger partial charge in [-0.2, -0.15) is 0 Å². The van der Waals surface area contributed by atoms with Crippen LogP contribution in [-0.4, -0.2) is 23.6 Å². The first kappa shape index (κ1) is 14.1. The van der Waals surface area contributed by atoms with Crippen molar-refractivity contribution in [3.63, 3.8) is 0 Å². The Morgan fingerprint density at radius 3 is 2.48 bits per heavy atom. The summed E-state index contributed by atoms with van der Waals surface area (Å²) in [4.78, 5) is 5.02. The molecule has 3 rings (SSSR count). The lowest BCUT2D eigenvalue weighted by Crippen LogP contribution is -2.08. The van der Waals surface area contributed by atoms with Crippen molar-refractivity contribution in [2.75, 3.05) is 19.0 Å². The number of aromatic nitrogens is 2. The number of halogens is 2. The maximum absolute atomic E-state index is 13.5. The Bertz CT molecular complexity index is 865. The predicted octanol–water partition coefficient (Wildman–Crippen LogP) is 4.55. The first-order valence-corrected chi connectivity index (χ1v) is 7.13. The molecule has 21 heavy (non-hydrogen) atoms. The Hall–Kier alpha value is -1.85. The molecule has 0 spiro atoms. The van der Waals surface area contributed by atoms with Crippen molar-refractivity contribution in [2.45, 2.75) is 0 Å². The minimum absolute atomic E-state index is 0.0789. The second-order valence-corrected chi connectivity index (χ2v) is 5.75. The van der Waals surface area contributed by atoms with Gasteiger partial charge in [0.25, 0.3) is 0 Å². The number of nitrogens with zero attached hydrogens (tertiary/aromatic N) is 2. The average Bonchev–Trinajstić information content (AvgIpc) is 2.75. The second-order valence-electron chi connectivity index (χ2n) is 4.96. The van der Waals surface area contributed by atoms with Gasteiger partial charge in [-0.05, 0) is 42.5 Å². The molecule has 0 aliphatic rings. The van der Waals surface area contributed by atoms with Gasteiger partial charge in [-0.15, -0.1) is 0 Å². The zero-order valence-corrected chi connectivity index (χ0v) is 13.1. The Morgan fingerprint density at radius 2 is 1.86 bits per heavy atom. The minimum Gasteiger partial charge on any atom is -0.378 e. The topological polar surface area (TPSA) is 24.0 Å². The molecule has 3 nitrogen and oxygen atoms in total. The summed E-state index contributed by atoms with van der Waals surface area (Å²) in [5.74, 6) is -0.462. The molecule has 0 fully saturated rings. The summed E-state index contributed by atoms with van der Waals surface area (Å²) in [5, 5.41) is 0.0789. The Morgan fingerprint density at radius 1 is 1.19 bits per heavy atom. The summed E-state index contributed by atoms with van der Waals surface area (Å²) >= 11 is 11.2. The summed E-state index contributed by atoms with van der Waals surface area (Å²) in [6.45, 7) is 0. The lowest BCUT2D eigenvalue weighted by atomic mass is 10.2. The first-order chi connectivity index (χ1) is 9.97. The van der Waals surface area contributed by atoms with Crippen molar-refractivity contribution in [3.8, 4) is 5.69 Å². The van der Waals surface area contributed by atoms with Crippen molar-refractivity contribution in [1.82, 2.24) is 9.55 Å². The number of hydrogen-bond donors (Lipinski definition) is 1. The maximum Gasteiger partial charge on any atom is 0.182 e. The molecule has 2 aromatic carbocycles. The molecule has 0 bridgehead atoms. The lowest BCUT2D eigenvalue weighted by molar-refractivity contribution is 0.630. The number of imidazole rings is 1. The molecule has 0 atom stereocenters. The zero-order chi connectivity index (χ0) is 15.1. The molecule has 0 aliphatic carbocycles. The van der Waals surface area contributed by atoms with E-state index in [1.165, 1.54) is 6.07 Å². The van der Waals surface area contributed by atoms with Crippen LogP contribution < -0.4 is 4.90 Å². The van der Waals surface area contributed by atoms with E-state index in [4.69, 9.17) is 23.8 Å². The largest absolute Gasteiger partial charge is 0.378 e. The second kappa shape index (κ2) is 5.16. The van der Waals surface area contributed by atoms with Gasteiger partial charge in [0, 0.05) is 31.5 Å². The van der Waals surface area contributed by atoms with Crippen LogP contribution >= 0.6 is 23.8 Å². The third-order valence-electron chi connectivity index (χ3n) is 3.35. The highest BCUT2D eigenvalue weighted by molar-refractivity contribution is 7.71. The van der Waals surface area contributed by atoms with Crippen LogP contribution in [0.4, 0.5) is 10.1 Å². The van der Waals surface area contributed by atoms with Crippen LogP contribution in [0.5, 0.6) is 0 Å². The molecule has 0 saturated heterocycles. The molecule has 1 heterocycles. The first-order valence-electron chi connectivity index (χ1n) is 6.35. The summed E-state index contributed by atoms with van der Waals surface area (Å²) in [6.07, 6.45) is 0. The Balaban J connectivity index is 2.22. The van der Waals surface area contributed by atoms with Crippen LogP contribution in [0.25, 0.3) is 16.7 Å². The number of nitrogens with one attached hydrogen (secondary N) is 1. The van der Waals surface area contributed by atoms with E-state index in [0.717, 1.165) is 16.9 Å². The molecule has 108 valence electrons. The van der Waals surface area contributed by atoms with Gasteiger partial charge in [-0.3, -0.25) is 4.57 Å². The number of H-pyrrole nitrogens is 1. The fraction of sp³-hybridized carbons (Fsp3) is 0.133. The average molecular weight is 322 g/mol. The van der Waals surface area contributed by atoms with Crippen LogP contribution in [-0.2, 0) is 0 Å². The van der Waals surface area contributed by atoms with E-state index in [9.17, 15) is 4.39 Å². The van der Waals surface area contributed by atoms with Crippen molar-refractivity contribution < 1.29 is 4.39 Å². The van der Waals surface area contributed by atoms with E-state index < -0.39 is 5.82 Å². The van der Waals surface area contributed by atoms with Gasteiger partial charge in [0.2, 0.25) is 0 Å². The Kier molecular flexibility index (Phi) is 3.47. The van der Waals surface area contributed by atoms with Crippen molar-refractivity contribution >= 4 is 40.5 Å². The molecule has 0 amide bonds. The van der Waals surface area contributed by atoms with E-state index in [0.29, 0.717) is 10.3 Å². The monoisotopic (exact) mass is 321 g/mol. The van der Waals surface area contributed by atoms with E-state index in [1.54, 1.807) is 6.07 Å². The van der Waals surface area contributed by atoms with Gasteiger partial charge in [-0.1, -0.05) is 11.6 Å². The molecule has 0 aliphatic heterocycles. The van der Waals surface area contributed by atoms with Crippen LogP contribution in [0.15, 0.2) is 36.4 Å². The van der Waals surface area contributed by atoms with Crippen LogP contribution in [0.3, 0.4) is 0 Å². The van der Waals surface area contributed by atoms with Crippen molar-refractivity contribution in [1.29, 1.82) is 0 Å². The summed E-state index contributed by atoms with van der Waals surface area (Å²) in [5.41, 5.74) is 3.37. The third-order valence-corrected chi connectivity index (χ3v) is 3.92. The molecule has 0 saturated carbocycles. The number of anilines is 1. The van der Waals surface area contributed by atoms with Crippen molar-refractivity contribution in [3.05, 3.63) is 52.0 Å². The van der Waals surface area contributed by atoms with Crippen molar-refractivity contribution in [2.24, 2.45) is 0 Å². The van der Waals surface area contributed by atoms with Gasteiger partial charge < -0.3 is 9.88 Å². The van der Waals surface area contributed by atoms with Crippen LogP contribution in [0, 0.1) is 10.6 Å². The number of hydrogen-bond acceptors (Lipinski definition) is 2. The number of aromatic amines is 1. The van der Waals surface area contributed by atoms with Crippen LogP contribution in [0.1, 0.15) is 0 Å². The molecular weight excluding hydrogens is 309 g/mol.